The van der Waals surface area contributed by atoms with Crippen LogP contribution in [-0.4, -0.2) is 43.7 Å². The number of sulfone groups is 1. The number of halogens is 4. The quantitative estimate of drug-likeness (QED) is 0.768. The average molecular weight is 400 g/mol. The molecule has 0 radical (unpaired) electrons. The second-order valence-electron chi connectivity index (χ2n) is 4.99. The van der Waals surface area contributed by atoms with Crippen molar-refractivity contribution < 1.29 is 26.4 Å². The summed E-state index contributed by atoms with van der Waals surface area (Å²) in [5, 5.41) is -0.772. The molecule has 1 aliphatic heterocycles. The molecule has 22 heavy (non-hydrogen) atoms. The largest absolute Gasteiger partial charge is 0.471 e. The molecule has 0 unspecified atom stereocenters. The Morgan fingerprint density at radius 2 is 1.64 bits per heavy atom. The first-order valence-electron chi connectivity index (χ1n) is 6.48. The normalized spacial score (nSPS) is 17.5. The van der Waals surface area contributed by atoms with Gasteiger partial charge in [0.05, 0.1) is 10.1 Å². The van der Waals surface area contributed by atoms with Gasteiger partial charge in [-0.05, 0) is 37.1 Å². The van der Waals surface area contributed by atoms with Gasteiger partial charge in [0.2, 0.25) is 0 Å². The van der Waals surface area contributed by atoms with Crippen molar-refractivity contribution >= 4 is 31.7 Å². The molecule has 0 spiro atoms. The van der Waals surface area contributed by atoms with E-state index < -0.39 is 27.2 Å². The molecule has 4 nitrogen and oxygen atoms in total. The lowest BCUT2D eigenvalue weighted by Crippen LogP contribution is -2.47. The van der Waals surface area contributed by atoms with E-state index in [0.717, 1.165) is 4.47 Å². The zero-order valence-electron chi connectivity index (χ0n) is 11.3. The molecule has 0 aliphatic carbocycles. The van der Waals surface area contributed by atoms with Crippen molar-refractivity contribution in [3.8, 4) is 0 Å². The van der Waals surface area contributed by atoms with Crippen LogP contribution in [0.2, 0.25) is 0 Å². The molecule has 1 saturated heterocycles. The third-order valence-corrected chi connectivity index (χ3v) is 6.36. The lowest BCUT2D eigenvalue weighted by Gasteiger charge is -2.32. The van der Waals surface area contributed by atoms with Gasteiger partial charge in [0, 0.05) is 17.6 Å². The van der Waals surface area contributed by atoms with Gasteiger partial charge in [0.25, 0.3) is 0 Å². The Labute approximate surface area is 134 Å². The van der Waals surface area contributed by atoms with Gasteiger partial charge in [-0.15, -0.1) is 0 Å². The minimum Gasteiger partial charge on any atom is -0.335 e. The number of hydrogen-bond donors (Lipinski definition) is 0. The van der Waals surface area contributed by atoms with E-state index in [1.54, 1.807) is 12.1 Å². The molecule has 0 N–H and O–H groups in total. The van der Waals surface area contributed by atoms with E-state index in [1.807, 2.05) is 0 Å². The molecule has 0 aromatic heterocycles. The van der Waals surface area contributed by atoms with E-state index in [-0.39, 0.29) is 30.8 Å². The number of benzene rings is 1. The van der Waals surface area contributed by atoms with E-state index in [9.17, 15) is 26.4 Å². The molecule has 1 amide bonds. The highest BCUT2D eigenvalue weighted by Crippen LogP contribution is 2.27. The maximum absolute atomic E-state index is 12.4. The van der Waals surface area contributed by atoms with Crippen molar-refractivity contribution in [3.63, 3.8) is 0 Å². The summed E-state index contributed by atoms with van der Waals surface area (Å²) in [6, 6.07) is 6.09. The fourth-order valence-corrected chi connectivity index (χ4v) is 4.36. The minimum atomic E-state index is -4.92. The lowest BCUT2D eigenvalue weighted by atomic mass is 10.1. The van der Waals surface area contributed by atoms with Gasteiger partial charge >= 0.3 is 12.1 Å². The first-order valence-corrected chi connectivity index (χ1v) is 8.82. The van der Waals surface area contributed by atoms with Gasteiger partial charge in [-0.2, -0.15) is 13.2 Å². The van der Waals surface area contributed by atoms with Crippen LogP contribution in [0.1, 0.15) is 12.8 Å². The number of rotatable bonds is 2. The number of likely N-dealkylation sites (tertiary alicyclic amines) is 1. The predicted molar refractivity (Wildman–Crippen MR) is 77.0 cm³/mol. The molecule has 1 fully saturated rings. The van der Waals surface area contributed by atoms with Crippen LogP contribution in [0.25, 0.3) is 0 Å². The molecule has 122 valence electrons. The lowest BCUT2D eigenvalue weighted by molar-refractivity contribution is -0.186. The Bertz CT molecular complexity index is 650. The zero-order valence-corrected chi connectivity index (χ0v) is 13.7. The first kappa shape index (κ1) is 17.3. The highest BCUT2D eigenvalue weighted by molar-refractivity contribution is 9.10. The molecule has 1 aromatic carbocycles. The summed E-state index contributed by atoms with van der Waals surface area (Å²) in [6.45, 7) is -0.419. The Morgan fingerprint density at radius 1 is 1.14 bits per heavy atom. The molecule has 1 aliphatic rings. The van der Waals surface area contributed by atoms with Crippen LogP contribution < -0.4 is 0 Å². The van der Waals surface area contributed by atoms with Gasteiger partial charge in [-0.1, -0.05) is 15.9 Å². The van der Waals surface area contributed by atoms with E-state index >= 15 is 0 Å². The molecule has 2 rings (SSSR count). The molecule has 0 saturated carbocycles. The van der Waals surface area contributed by atoms with E-state index in [0.29, 0.717) is 4.90 Å². The highest BCUT2D eigenvalue weighted by atomic mass is 79.9. The van der Waals surface area contributed by atoms with Gasteiger partial charge in [-0.25, -0.2) is 8.42 Å². The van der Waals surface area contributed by atoms with Gasteiger partial charge < -0.3 is 4.90 Å². The van der Waals surface area contributed by atoms with Crippen molar-refractivity contribution in [2.45, 2.75) is 29.2 Å². The number of hydrogen-bond acceptors (Lipinski definition) is 3. The summed E-state index contributed by atoms with van der Waals surface area (Å²) < 4.78 is 62.7. The first-order chi connectivity index (χ1) is 10.1. The van der Waals surface area contributed by atoms with Crippen LogP contribution in [0, 0.1) is 0 Å². The van der Waals surface area contributed by atoms with Gasteiger partial charge in [0.15, 0.2) is 9.84 Å². The second kappa shape index (κ2) is 6.19. The number of carbonyl (C=O) groups is 1. The van der Waals surface area contributed by atoms with Crippen molar-refractivity contribution in [2.75, 3.05) is 13.1 Å². The molecule has 9 heteroatoms. The molecular weight excluding hydrogens is 387 g/mol. The number of nitrogens with zero attached hydrogens (tertiary/aromatic N) is 1. The predicted octanol–water partition coefficient (Wildman–Crippen LogP) is 2.78. The van der Waals surface area contributed by atoms with Crippen LogP contribution in [-0.2, 0) is 14.6 Å². The Balaban J connectivity index is 2.08. The molecule has 0 atom stereocenters. The van der Waals surface area contributed by atoms with E-state index in [1.165, 1.54) is 12.1 Å². The smallest absolute Gasteiger partial charge is 0.335 e. The van der Waals surface area contributed by atoms with E-state index in [4.69, 9.17) is 0 Å². The number of carbonyl (C=O) groups excluding carboxylic acids is 1. The maximum Gasteiger partial charge on any atom is 0.471 e. The van der Waals surface area contributed by atoms with Crippen LogP contribution >= 0.6 is 15.9 Å². The summed E-state index contributed by atoms with van der Waals surface area (Å²) >= 11 is 3.21. The molecule has 1 aromatic rings. The Morgan fingerprint density at radius 3 is 2.09 bits per heavy atom. The summed E-state index contributed by atoms with van der Waals surface area (Å²) in [4.78, 5) is 11.9. The Hall–Kier alpha value is -1.09. The van der Waals surface area contributed by atoms with Crippen LogP contribution in [0.4, 0.5) is 13.2 Å². The highest BCUT2D eigenvalue weighted by Gasteiger charge is 2.44. The monoisotopic (exact) mass is 399 g/mol. The average Bonchev–Trinajstić information content (AvgIpc) is 2.46. The van der Waals surface area contributed by atoms with Gasteiger partial charge in [-0.3, -0.25) is 4.79 Å². The van der Waals surface area contributed by atoms with Crippen molar-refractivity contribution in [3.05, 3.63) is 28.7 Å². The van der Waals surface area contributed by atoms with E-state index in [2.05, 4.69) is 15.9 Å². The maximum atomic E-state index is 12.4. The third kappa shape index (κ3) is 3.62. The minimum absolute atomic E-state index is 0.000216. The van der Waals surface area contributed by atoms with Crippen LogP contribution in [0.15, 0.2) is 33.6 Å². The SMILES string of the molecule is O=C(N1CCC(S(=O)(=O)c2ccc(Br)cc2)CC1)C(F)(F)F. The number of amides is 1. The van der Waals surface area contributed by atoms with Crippen molar-refractivity contribution in [2.24, 2.45) is 0 Å². The van der Waals surface area contributed by atoms with Gasteiger partial charge in [0.1, 0.15) is 0 Å². The summed E-state index contributed by atoms with van der Waals surface area (Å²) in [6.07, 6.45) is -4.92. The second-order valence-corrected chi connectivity index (χ2v) is 8.13. The van der Waals surface area contributed by atoms with Crippen LogP contribution in [0.3, 0.4) is 0 Å². The summed E-state index contributed by atoms with van der Waals surface area (Å²) in [5.41, 5.74) is 0. The third-order valence-electron chi connectivity index (χ3n) is 3.55. The van der Waals surface area contributed by atoms with Crippen molar-refractivity contribution in [1.82, 2.24) is 4.90 Å². The fraction of sp³-hybridized carbons (Fsp3) is 0.462. The molecule has 1 heterocycles. The standard InChI is InChI=1S/C13H13BrF3NO3S/c14-9-1-3-10(4-2-9)22(20,21)11-5-7-18(8-6-11)12(19)13(15,16)17/h1-4,11H,5-8H2. The van der Waals surface area contributed by atoms with Crippen LogP contribution in [0.5, 0.6) is 0 Å². The molecular formula is C13H13BrF3NO3S. The summed E-state index contributed by atoms with van der Waals surface area (Å²) in [5.74, 6) is -1.91. The van der Waals surface area contributed by atoms with Crippen molar-refractivity contribution in [1.29, 1.82) is 0 Å². The number of piperidine rings is 1. The fourth-order valence-electron chi connectivity index (χ4n) is 2.37. The molecule has 0 bridgehead atoms. The number of alkyl halides is 3. The zero-order chi connectivity index (χ0) is 16.5. The topological polar surface area (TPSA) is 54.5 Å². The summed E-state index contributed by atoms with van der Waals surface area (Å²) in [7, 11) is -3.60. The Kier molecular flexibility index (Phi) is 4.86.